The maximum absolute atomic E-state index is 12.7. The molecule has 0 spiro atoms. The molecule has 0 radical (unpaired) electrons. The van der Waals surface area contributed by atoms with Crippen molar-refractivity contribution in [3.05, 3.63) is 59.1 Å². The van der Waals surface area contributed by atoms with Gasteiger partial charge in [0.2, 0.25) is 5.91 Å². The number of methoxy groups -OCH3 is 1. The molecule has 4 heterocycles. The fourth-order valence-electron chi connectivity index (χ4n) is 4.04. The first kappa shape index (κ1) is 30.4. The Balaban J connectivity index is 0.00000241. The number of carbonyl (C=O) groups excluding carboxylic acids is 1. The number of halogens is 3. The molecule has 0 bridgehead atoms. The molecule has 2 atom stereocenters. The number of anilines is 2. The average molecular weight is 558 g/mol. The van der Waals surface area contributed by atoms with Gasteiger partial charge in [0.25, 0.3) is 0 Å². The van der Waals surface area contributed by atoms with Crippen LogP contribution < -0.4 is 10.2 Å². The highest BCUT2D eigenvalue weighted by Gasteiger charge is 2.37. The molecule has 0 fully saturated rings. The van der Waals surface area contributed by atoms with E-state index in [0.29, 0.717) is 48.0 Å². The summed E-state index contributed by atoms with van der Waals surface area (Å²) >= 11 is 0. The van der Waals surface area contributed by atoms with Gasteiger partial charge in [-0.05, 0) is 37.5 Å². The molecule has 0 saturated carbocycles. The molecule has 1 N–H and O–H groups in total. The van der Waals surface area contributed by atoms with Crippen LogP contribution in [0.1, 0.15) is 35.3 Å². The highest BCUT2D eigenvalue weighted by atomic mass is 32.1. The number of nitrogens with zero attached hydrogens (tertiary/aromatic N) is 6. The lowest BCUT2D eigenvalue weighted by atomic mass is 10.1. The molecule has 0 aromatic carbocycles. The van der Waals surface area contributed by atoms with Gasteiger partial charge in [-0.3, -0.25) is 14.5 Å². The molecule has 202 valence electrons. The zero-order valence-electron chi connectivity index (χ0n) is 20.8. The van der Waals surface area contributed by atoms with Gasteiger partial charge < -0.3 is 15.0 Å². The molecule has 0 saturated heterocycles. The third-order valence-corrected chi connectivity index (χ3v) is 5.99. The number of pyridine rings is 1. The predicted octanol–water partition coefficient (Wildman–Crippen LogP) is 3.25. The molecule has 3 aromatic heterocycles. The van der Waals surface area contributed by atoms with E-state index in [1.165, 1.54) is 12.3 Å². The zero-order chi connectivity index (χ0) is 25.3. The van der Waals surface area contributed by atoms with Crippen LogP contribution in [0.3, 0.4) is 0 Å². The van der Waals surface area contributed by atoms with Gasteiger partial charge in [-0.15, -0.1) is 0 Å². The van der Waals surface area contributed by atoms with Crippen molar-refractivity contribution in [1.29, 1.82) is 0 Å². The SMILES string of the molecule is CO[C@@H](C)[C@H]1C(=O)Nc2c(C)nc(CCc3cnn(Cc4ccc(C(F)(F)F)nc4)c3)nc2N1C.S.S. The summed E-state index contributed by atoms with van der Waals surface area (Å²) in [5.74, 6) is 1.11. The molecule has 4 rings (SSSR count). The smallest absolute Gasteiger partial charge is 0.379 e. The number of likely N-dealkylation sites (N-methyl/N-ethyl adjacent to an activating group) is 1. The van der Waals surface area contributed by atoms with Crippen LogP contribution in [-0.2, 0) is 35.1 Å². The summed E-state index contributed by atoms with van der Waals surface area (Å²) in [6.45, 7) is 3.97. The Bertz CT molecular complexity index is 1220. The van der Waals surface area contributed by atoms with E-state index >= 15 is 0 Å². The Kier molecular flexibility index (Phi) is 9.97. The summed E-state index contributed by atoms with van der Waals surface area (Å²) < 4.78 is 45.1. The lowest BCUT2D eigenvalue weighted by Crippen LogP contribution is -2.53. The van der Waals surface area contributed by atoms with E-state index in [1.54, 1.807) is 18.0 Å². The number of alkyl halides is 3. The van der Waals surface area contributed by atoms with Crippen molar-refractivity contribution in [1.82, 2.24) is 24.7 Å². The second kappa shape index (κ2) is 12.1. The maximum Gasteiger partial charge on any atom is 0.433 e. The van der Waals surface area contributed by atoms with E-state index in [2.05, 4.69) is 20.4 Å². The third-order valence-electron chi connectivity index (χ3n) is 5.99. The van der Waals surface area contributed by atoms with Crippen LogP contribution in [0.5, 0.6) is 0 Å². The number of fused-ring (bicyclic) bond motifs is 1. The van der Waals surface area contributed by atoms with E-state index in [4.69, 9.17) is 9.72 Å². The van der Waals surface area contributed by atoms with Gasteiger partial charge in [0, 0.05) is 33.0 Å². The Morgan fingerprint density at radius 1 is 1.14 bits per heavy atom. The largest absolute Gasteiger partial charge is 0.433 e. The van der Waals surface area contributed by atoms with Crippen molar-refractivity contribution in [2.45, 2.75) is 51.6 Å². The summed E-state index contributed by atoms with van der Waals surface area (Å²) in [7, 11) is 3.38. The van der Waals surface area contributed by atoms with Crippen molar-refractivity contribution in [3.63, 3.8) is 0 Å². The van der Waals surface area contributed by atoms with Gasteiger partial charge in [0.15, 0.2) is 5.82 Å². The molecular weight excluding hydrogens is 527 g/mol. The first-order valence-electron chi connectivity index (χ1n) is 11.0. The molecule has 14 heteroatoms. The molecule has 9 nitrogen and oxygen atoms in total. The van der Waals surface area contributed by atoms with Gasteiger partial charge in [0.1, 0.15) is 23.2 Å². The van der Waals surface area contributed by atoms with Gasteiger partial charge in [-0.1, -0.05) is 6.07 Å². The van der Waals surface area contributed by atoms with Crippen molar-refractivity contribution < 1.29 is 22.7 Å². The number of rotatable bonds is 7. The van der Waals surface area contributed by atoms with Gasteiger partial charge in [0.05, 0.1) is 24.5 Å². The maximum atomic E-state index is 12.7. The summed E-state index contributed by atoms with van der Waals surface area (Å²) in [6.07, 6.45) is 1.15. The normalized spacial score (nSPS) is 15.8. The number of aryl methyl sites for hydroxylation is 3. The fourth-order valence-corrected chi connectivity index (χ4v) is 4.04. The van der Waals surface area contributed by atoms with Crippen LogP contribution >= 0.6 is 27.0 Å². The van der Waals surface area contributed by atoms with Crippen LogP contribution in [-0.4, -0.2) is 56.9 Å². The van der Waals surface area contributed by atoms with Gasteiger partial charge in [-0.25, -0.2) is 9.97 Å². The highest BCUT2D eigenvalue weighted by Crippen LogP contribution is 2.32. The molecule has 3 aromatic rings. The van der Waals surface area contributed by atoms with Crippen LogP contribution in [0.25, 0.3) is 0 Å². The Hall–Kier alpha value is -2.84. The van der Waals surface area contributed by atoms with Crippen LogP contribution in [0.4, 0.5) is 24.7 Å². The fraction of sp³-hybridized carbons (Fsp3) is 0.435. The number of aromatic nitrogens is 5. The summed E-state index contributed by atoms with van der Waals surface area (Å²) in [4.78, 5) is 27.1. The molecular formula is C23H30F3N7O2S2. The third kappa shape index (κ3) is 6.73. The first-order valence-corrected chi connectivity index (χ1v) is 11.0. The molecule has 1 aliphatic rings. The van der Waals surface area contributed by atoms with Crippen molar-refractivity contribution >= 4 is 44.4 Å². The van der Waals surface area contributed by atoms with Crippen molar-refractivity contribution in [2.75, 3.05) is 24.4 Å². The Labute approximate surface area is 226 Å². The van der Waals surface area contributed by atoms with E-state index < -0.39 is 17.9 Å². The lowest BCUT2D eigenvalue weighted by molar-refractivity contribution is -0.141. The minimum atomic E-state index is -4.46. The summed E-state index contributed by atoms with van der Waals surface area (Å²) in [5.41, 5.74) is 1.91. The van der Waals surface area contributed by atoms with E-state index in [-0.39, 0.29) is 39.0 Å². The van der Waals surface area contributed by atoms with Crippen LogP contribution in [0.2, 0.25) is 0 Å². The van der Waals surface area contributed by atoms with Gasteiger partial charge in [-0.2, -0.15) is 45.3 Å². The minimum absolute atomic E-state index is 0. The molecule has 0 unspecified atom stereocenters. The standard InChI is InChI=1S/C23H26F3N7O2.2H2S/c1-13-19-21(32(3)20(14(2)35-4)22(34)31-19)30-18(29-13)8-6-16-10-28-33(12-16)11-15-5-7-17(27-9-15)23(24,25)26;;/h5,7,9-10,12,14,20H,6,8,11H2,1-4H3,(H,31,34);2*1H2/t14-,20-;;/m0../s1. The van der Waals surface area contributed by atoms with E-state index in [1.807, 2.05) is 32.0 Å². The second-order valence-electron chi connectivity index (χ2n) is 8.51. The monoisotopic (exact) mass is 557 g/mol. The highest BCUT2D eigenvalue weighted by molar-refractivity contribution is 7.59. The average Bonchev–Trinajstić information content (AvgIpc) is 3.25. The number of amides is 1. The predicted molar refractivity (Wildman–Crippen MR) is 143 cm³/mol. The summed E-state index contributed by atoms with van der Waals surface area (Å²) in [5, 5.41) is 7.19. The van der Waals surface area contributed by atoms with Crippen molar-refractivity contribution in [2.24, 2.45) is 0 Å². The molecule has 37 heavy (non-hydrogen) atoms. The molecule has 0 aliphatic carbocycles. The summed E-state index contributed by atoms with van der Waals surface area (Å²) in [6, 6.07) is 1.85. The first-order chi connectivity index (χ1) is 16.6. The van der Waals surface area contributed by atoms with Gasteiger partial charge >= 0.3 is 6.18 Å². The van der Waals surface area contributed by atoms with E-state index in [0.717, 1.165) is 11.6 Å². The number of carbonyl (C=O) groups is 1. The Morgan fingerprint density at radius 2 is 1.86 bits per heavy atom. The molecule has 1 aliphatic heterocycles. The minimum Gasteiger partial charge on any atom is -0.379 e. The van der Waals surface area contributed by atoms with Crippen molar-refractivity contribution in [3.8, 4) is 0 Å². The lowest BCUT2D eigenvalue weighted by Gasteiger charge is -2.37. The van der Waals surface area contributed by atoms with E-state index in [9.17, 15) is 18.0 Å². The number of hydrogen-bond acceptors (Lipinski definition) is 7. The van der Waals surface area contributed by atoms with Crippen LogP contribution in [0.15, 0.2) is 30.7 Å². The topological polar surface area (TPSA) is 98.1 Å². The quantitative estimate of drug-likeness (QED) is 0.476. The zero-order valence-corrected chi connectivity index (χ0v) is 22.8. The number of hydrogen-bond donors (Lipinski definition) is 1. The number of nitrogens with one attached hydrogen (secondary N) is 1. The molecule has 1 amide bonds. The Morgan fingerprint density at radius 3 is 2.49 bits per heavy atom. The number of ether oxygens (including phenoxy) is 1. The van der Waals surface area contributed by atoms with Crippen LogP contribution in [0, 0.1) is 6.92 Å². The second-order valence-corrected chi connectivity index (χ2v) is 8.51.